The number of carboxylic acid groups (broad SMARTS) is 1. The molecule has 0 radical (unpaired) electrons. The standard InChI is InChI=1S/C22H27N3O2/c1-17-7-5-6-10-19(17)15-25(12-11-18-8-3-2-4-9-18)16-20-13-24-21(14-23-20)22(26)27/h5-8,10,13-14H,2-4,9,11-12,15-16H2,1H3,(H,26,27). The van der Waals surface area contributed by atoms with Crippen LogP contribution in [0, 0.1) is 6.92 Å². The Kier molecular flexibility index (Phi) is 6.71. The zero-order valence-corrected chi connectivity index (χ0v) is 15.9. The first-order valence-corrected chi connectivity index (χ1v) is 9.61. The fourth-order valence-corrected chi connectivity index (χ4v) is 3.45. The number of nitrogens with zero attached hydrogens (tertiary/aromatic N) is 3. The molecule has 5 nitrogen and oxygen atoms in total. The van der Waals surface area contributed by atoms with Crippen LogP contribution in [-0.2, 0) is 13.1 Å². The largest absolute Gasteiger partial charge is 0.476 e. The molecule has 0 unspecified atom stereocenters. The maximum Gasteiger partial charge on any atom is 0.356 e. The van der Waals surface area contributed by atoms with Gasteiger partial charge in [0.15, 0.2) is 5.69 Å². The summed E-state index contributed by atoms with van der Waals surface area (Å²) >= 11 is 0. The molecule has 0 fully saturated rings. The highest BCUT2D eigenvalue weighted by atomic mass is 16.4. The van der Waals surface area contributed by atoms with Crippen LogP contribution in [0.1, 0.15) is 59.4 Å². The van der Waals surface area contributed by atoms with Crippen LogP contribution in [0.4, 0.5) is 0 Å². The van der Waals surface area contributed by atoms with Crippen molar-refractivity contribution in [2.75, 3.05) is 6.54 Å². The normalized spacial score (nSPS) is 14.2. The molecule has 0 saturated carbocycles. The lowest BCUT2D eigenvalue weighted by Gasteiger charge is -2.24. The maximum atomic E-state index is 11.0. The minimum atomic E-state index is -1.05. The Morgan fingerprint density at radius 3 is 2.67 bits per heavy atom. The van der Waals surface area contributed by atoms with Crippen LogP contribution in [0.5, 0.6) is 0 Å². The molecule has 1 aliphatic carbocycles. The average Bonchev–Trinajstić information content (AvgIpc) is 2.69. The third-order valence-electron chi connectivity index (χ3n) is 5.10. The molecule has 2 aromatic rings. The van der Waals surface area contributed by atoms with Crippen LogP contribution in [-0.4, -0.2) is 32.5 Å². The summed E-state index contributed by atoms with van der Waals surface area (Å²) in [5, 5.41) is 8.99. The Morgan fingerprint density at radius 1 is 1.15 bits per heavy atom. The van der Waals surface area contributed by atoms with Gasteiger partial charge in [-0.05, 0) is 50.2 Å². The smallest absolute Gasteiger partial charge is 0.356 e. The lowest BCUT2D eigenvalue weighted by molar-refractivity contribution is 0.0690. The summed E-state index contributed by atoms with van der Waals surface area (Å²) in [7, 11) is 0. The predicted molar refractivity (Wildman–Crippen MR) is 105 cm³/mol. The van der Waals surface area contributed by atoms with E-state index < -0.39 is 5.97 Å². The summed E-state index contributed by atoms with van der Waals surface area (Å²) in [6, 6.07) is 8.44. The van der Waals surface area contributed by atoms with Crippen LogP contribution in [0.2, 0.25) is 0 Å². The monoisotopic (exact) mass is 365 g/mol. The molecule has 0 atom stereocenters. The SMILES string of the molecule is Cc1ccccc1CN(CCC1=CCCCC1)Cc1cnc(C(=O)O)cn1. The average molecular weight is 365 g/mol. The third kappa shape index (κ3) is 5.73. The highest BCUT2D eigenvalue weighted by molar-refractivity contribution is 5.84. The second-order valence-electron chi connectivity index (χ2n) is 7.19. The van der Waals surface area contributed by atoms with Gasteiger partial charge >= 0.3 is 5.97 Å². The number of benzene rings is 1. The van der Waals surface area contributed by atoms with Gasteiger partial charge in [0.25, 0.3) is 0 Å². The van der Waals surface area contributed by atoms with Gasteiger partial charge in [0.2, 0.25) is 0 Å². The van der Waals surface area contributed by atoms with Crippen LogP contribution in [0.3, 0.4) is 0 Å². The maximum absolute atomic E-state index is 11.0. The first kappa shape index (κ1) is 19.2. The van der Waals surface area contributed by atoms with Crippen molar-refractivity contribution < 1.29 is 9.90 Å². The first-order chi connectivity index (χ1) is 13.1. The topological polar surface area (TPSA) is 66.3 Å². The van der Waals surface area contributed by atoms with Crippen molar-refractivity contribution in [1.29, 1.82) is 0 Å². The zero-order chi connectivity index (χ0) is 19.1. The second kappa shape index (κ2) is 9.42. The quantitative estimate of drug-likeness (QED) is 0.704. The number of aromatic nitrogens is 2. The van der Waals surface area contributed by atoms with Gasteiger partial charge in [0, 0.05) is 19.6 Å². The molecule has 1 N–H and O–H groups in total. The number of hydrogen-bond donors (Lipinski definition) is 1. The van der Waals surface area contributed by atoms with Crippen molar-refractivity contribution in [3.05, 3.63) is 70.8 Å². The molecular weight excluding hydrogens is 338 g/mol. The van der Waals surface area contributed by atoms with Gasteiger partial charge in [0.05, 0.1) is 18.1 Å². The molecule has 0 aliphatic heterocycles. The first-order valence-electron chi connectivity index (χ1n) is 9.61. The van der Waals surface area contributed by atoms with Crippen molar-refractivity contribution >= 4 is 5.97 Å². The van der Waals surface area contributed by atoms with Crippen molar-refractivity contribution in [1.82, 2.24) is 14.9 Å². The van der Waals surface area contributed by atoms with Crippen molar-refractivity contribution in [3.8, 4) is 0 Å². The van der Waals surface area contributed by atoms with E-state index in [0.717, 1.165) is 25.2 Å². The number of rotatable bonds is 8. The van der Waals surface area contributed by atoms with Gasteiger partial charge in [-0.1, -0.05) is 35.9 Å². The summed E-state index contributed by atoms with van der Waals surface area (Å²) in [5.74, 6) is -1.05. The Morgan fingerprint density at radius 2 is 2.00 bits per heavy atom. The lowest BCUT2D eigenvalue weighted by atomic mass is 9.97. The van der Waals surface area contributed by atoms with Crippen LogP contribution in [0.15, 0.2) is 48.3 Å². The van der Waals surface area contributed by atoms with Crippen LogP contribution >= 0.6 is 0 Å². The molecule has 1 aliphatic rings. The molecular formula is C22H27N3O2. The lowest BCUT2D eigenvalue weighted by Crippen LogP contribution is -2.25. The Labute approximate surface area is 160 Å². The summed E-state index contributed by atoms with van der Waals surface area (Å²) in [6.45, 7) is 4.61. The van der Waals surface area contributed by atoms with E-state index in [0.29, 0.717) is 6.54 Å². The highest BCUT2D eigenvalue weighted by Crippen LogP contribution is 2.21. The molecule has 0 saturated heterocycles. The minimum absolute atomic E-state index is 0.0171. The Hall–Kier alpha value is -2.53. The summed E-state index contributed by atoms with van der Waals surface area (Å²) in [5.41, 5.74) is 4.93. The Balaban J connectivity index is 1.70. The van der Waals surface area contributed by atoms with Gasteiger partial charge in [-0.15, -0.1) is 0 Å². The van der Waals surface area contributed by atoms with E-state index in [-0.39, 0.29) is 5.69 Å². The number of aromatic carboxylic acids is 1. The molecule has 1 aromatic carbocycles. The van der Waals surface area contributed by atoms with Gasteiger partial charge in [-0.2, -0.15) is 0 Å². The van der Waals surface area contributed by atoms with E-state index in [1.807, 2.05) is 0 Å². The molecule has 0 spiro atoms. The van der Waals surface area contributed by atoms with E-state index in [1.165, 1.54) is 43.0 Å². The summed E-state index contributed by atoms with van der Waals surface area (Å²) in [6.07, 6.45) is 11.4. The van der Waals surface area contributed by atoms with Gasteiger partial charge < -0.3 is 5.11 Å². The molecule has 1 aromatic heterocycles. The van der Waals surface area contributed by atoms with E-state index in [9.17, 15) is 4.79 Å². The molecule has 0 bridgehead atoms. The minimum Gasteiger partial charge on any atom is -0.476 e. The van der Waals surface area contributed by atoms with Crippen molar-refractivity contribution in [2.24, 2.45) is 0 Å². The molecule has 1 heterocycles. The van der Waals surface area contributed by atoms with E-state index in [1.54, 1.807) is 11.8 Å². The fourth-order valence-electron chi connectivity index (χ4n) is 3.45. The van der Waals surface area contributed by atoms with Gasteiger partial charge in [0.1, 0.15) is 0 Å². The Bertz CT molecular complexity index is 799. The van der Waals surface area contributed by atoms with E-state index >= 15 is 0 Å². The predicted octanol–water partition coefficient (Wildman–Crippen LogP) is 4.38. The third-order valence-corrected chi connectivity index (χ3v) is 5.10. The van der Waals surface area contributed by atoms with Crippen molar-refractivity contribution in [3.63, 3.8) is 0 Å². The zero-order valence-electron chi connectivity index (χ0n) is 15.9. The molecule has 142 valence electrons. The fraction of sp³-hybridized carbons (Fsp3) is 0.409. The molecule has 0 amide bonds. The van der Waals surface area contributed by atoms with E-state index in [2.05, 4.69) is 52.1 Å². The van der Waals surface area contributed by atoms with Crippen LogP contribution < -0.4 is 0 Å². The number of allylic oxidation sites excluding steroid dienone is 1. The molecule has 5 heteroatoms. The van der Waals surface area contributed by atoms with Crippen LogP contribution in [0.25, 0.3) is 0 Å². The van der Waals surface area contributed by atoms with Gasteiger partial charge in [-0.25, -0.2) is 9.78 Å². The molecule has 27 heavy (non-hydrogen) atoms. The number of aryl methyl sites for hydroxylation is 1. The number of carbonyl (C=O) groups is 1. The van der Waals surface area contributed by atoms with E-state index in [4.69, 9.17) is 5.11 Å². The number of hydrogen-bond acceptors (Lipinski definition) is 4. The molecule has 3 rings (SSSR count). The summed E-state index contributed by atoms with van der Waals surface area (Å²) in [4.78, 5) is 21.7. The highest BCUT2D eigenvalue weighted by Gasteiger charge is 2.13. The van der Waals surface area contributed by atoms with Gasteiger partial charge in [-0.3, -0.25) is 9.88 Å². The number of carboxylic acids is 1. The second-order valence-corrected chi connectivity index (χ2v) is 7.19. The van der Waals surface area contributed by atoms with Crippen molar-refractivity contribution in [2.45, 2.75) is 52.1 Å². The summed E-state index contributed by atoms with van der Waals surface area (Å²) < 4.78 is 0.